The first-order valence-corrected chi connectivity index (χ1v) is 12.1. The molecule has 0 fully saturated rings. The van der Waals surface area contributed by atoms with Crippen LogP contribution in [0.1, 0.15) is 49.0 Å². The molecule has 0 N–H and O–H groups in total. The molecule has 2 aliphatic rings. The van der Waals surface area contributed by atoms with Crippen LogP contribution in [-0.4, -0.2) is 61.2 Å². The molecule has 0 bridgehead atoms. The highest BCUT2D eigenvalue weighted by atomic mass is 16.7. The van der Waals surface area contributed by atoms with Gasteiger partial charge in [-0.1, -0.05) is 32.0 Å². The molecule has 0 aliphatic carbocycles. The summed E-state index contributed by atoms with van der Waals surface area (Å²) in [5.41, 5.74) is 1.47. The van der Waals surface area contributed by atoms with Crippen LogP contribution < -0.4 is 14.2 Å². The zero-order chi connectivity index (χ0) is 24.1. The van der Waals surface area contributed by atoms with Gasteiger partial charge in [-0.15, -0.1) is 0 Å². The van der Waals surface area contributed by atoms with Crippen molar-refractivity contribution in [2.75, 3.05) is 33.5 Å². The normalized spacial score (nSPS) is 18.7. The van der Waals surface area contributed by atoms with E-state index in [0.29, 0.717) is 54.8 Å². The van der Waals surface area contributed by atoms with E-state index in [2.05, 4.69) is 13.8 Å². The monoisotopic (exact) mass is 466 g/mol. The van der Waals surface area contributed by atoms with Crippen molar-refractivity contribution < 1.29 is 23.8 Å². The second-order valence-electron chi connectivity index (χ2n) is 9.48. The standard InChI is InChI=1S/C27H34N2O5/c1-19(2)14-21-17-32-23-9-5-4-8-22(23)27(31)28(3)12-6-7-13-29(21)26(30)16-20-10-11-24-25(15-20)34-18-33-24/h4-5,8-11,15,19,21H,6-7,12-14,16-18H2,1-3H3/t21-/m0/s1. The molecule has 0 saturated carbocycles. The molecule has 2 heterocycles. The van der Waals surface area contributed by atoms with Crippen molar-refractivity contribution in [1.29, 1.82) is 0 Å². The van der Waals surface area contributed by atoms with Gasteiger partial charge in [0.2, 0.25) is 12.7 Å². The summed E-state index contributed by atoms with van der Waals surface area (Å²) in [6.45, 7) is 6.14. The molecule has 2 aromatic rings. The van der Waals surface area contributed by atoms with E-state index in [1.807, 2.05) is 48.3 Å². The molecule has 0 aromatic heterocycles. The van der Waals surface area contributed by atoms with Crippen molar-refractivity contribution in [1.82, 2.24) is 9.80 Å². The molecule has 2 amide bonds. The van der Waals surface area contributed by atoms with E-state index in [0.717, 1.165) is 24.8 Å². The lowest BCUT2D eigenvalue weighted by Gasteiger charge is -2.34. The van der Waals surface area contributed by atoms with Crippen LogP contribution in [0.2, 0.25) is 0 Å². The van der Waals surface area contributed by atoms with Crippen molar-refractivity contribution in [2.45, 2.75) is 45.6 Å². The Kier molecular flexibility index (Phi) is 7.60. The molecular weight excluding hydrogens is 432 g/mol. The van der Waals surface area contributed by atoms with Crippen molar-refractivity contribution in [2.24, 2.45) is 5.92 Å². The van der Waals surface area contributed by atoms with Crippen molar-refractivity contribution in [3.63, 3.8) is 0 Å². The molecule has 0 saturated heterocycles. The lowest BCUT2D eigenvalue weighted by molar-refractivity contribution is -0.134. The second kappa shape index (κ2) is 10.8. The molecule has 2 aliphatic heterocycles. The lowest BCUT2D eigenvalue weighted by atomic mass is 10.0. The summed E-state index contributed by atoms with van der Waals surface area (Å²) in [7, 11) is 1.81. The third-order valence-electron chi connectivity index (χ3n) is 6.33. The fourth-order valence-corrected chi connectivity index (χ4v) is 4.56. The van der Waals surface area contributed by atoms with E-state index in [-0.39, 0.29) is 24.6 Å². The Morgan fingerprint density at radius 1 is 1.00 bits per heavy atom. The van der Waals surface area contributed by atoms with E-state index in [9.17, 15) is 9.59 Å². The largest absolute Gasteiger partial charge is 0.491 e. The molecule has 0 unspecified atom stereocenters. The van der Waals surface area contributed by atoms with Crippen LogP contribution in [0.3, 0.4) is 0 Å². The SMILES string of the molecule is CC(C)C[C@H]1COc2ccccc2C(=O)N(C)CCCCN1C(=O)Cc1ccc2c(c1)OCO2. The van der Waals surface area contributed by atoms with E-state index in [4.69, 9.17) is 14.2 Å². The molecule has 7 nitrogen and oxygen atoms in total. The van der Waals surface area contributed by atoms with Crippen LogP contribution in [0.25, 0.3) is 0 Å². The van der Waals surface area contributed by atoms with Gasteiger partial charge in [-0.2, -0.15) is 0 Å². The van der Waals surface area contributed by atoms with Crippen LogP contribution in [0.4, 0.5) is 0 Å². The van der Waals surface area contributed by atoms with Crippen molar-refractivity contribution in [3.8, 4) is 17.2 Å². The van der Waals surface area contributed by atoms with E-state index in [1.54, 1.807) is 11.0 Å². The Morgan fingerprint density at radius 3 is 2.59 bits per heavy atom. The number of hydrogen-bond donors (Lipinski definition) is 0. The van der Waals surface area contributed by atoms with Gasteiger partial charge in [0.25, 0.3) is 5.91 Å². The Hall–Kier alpha value is -3.22. The minimum absolute atomic E-state index is 0.0349. The first-order chi connectivity index (χ1) is 16.4. The molecule has 0 radical (unpaired) electrons. The molecule has 34 heavy (non-hydrogen) atoms. The minimum Gasteiger partial charge on any atom is -0.491 e. The first kappa shape index (κ1) is 23.9. The fraction of sp³-hybridized carbons (Fsp3) is 0.481. The number of hydrogen-bond acceptors (Lipinski definition) is 5. The summed E-state index contributed by atoms with van der Waals surface area (Å²) in [4.78, 5) is 30.2. The van der Waals surface area contributed by atoms with E-state index >= 15 is 0 Å². The van der Waals surface area contributed by atoms with Crippen LogP contribution in [0.5, 0.6) is 17.2 Å². The Balaban J connectivity index is 1.57. The Labute approximate surface area is 201 Å². The summed E-state index contributed by atoms with van der Waals surface area (Å²) in [5, 5.41) is 0. The van der Waals surface area contributed by atoms with Crippen LogP contribution in [0, 0.1) is 5.92 Å². The number of rotatable bonds is 4. The summed E-state index contributed by atoms with van der Waals surface area (Å²) < 4.78 is 17.1. The predicted octanol–water partition coefficient (Wildman–Crippen LogP) is 4.15. The minimum atomic E-state index is -0.0816. The maximum atomic E-state index is 13.6. The average Bonchev–Trinajstić information content (AvgIpc) is 3.28. The van der Waals surface area contributed by atoms with E-state index in [1.165, 1.54) is 0 Å². The number of para-hydroxylation sites is 1. The molecule has 2 aromatic carbocycles. The lowest BCUT2D eigenvalue weighted by Crippen LogP contribution is -2.46. The van der Waals surface area contributed by atoms with Crippen LogP contribution in [-0.2, 0) is 11.2 Å². The summed E-state index contributed by atoms with van der Waals surface area (Å²) in [6, 6.07) is 13.0. The number of carbonyl (C=O) groups is 2. The maximum Gasteiger partial charge on any atom is 0.257 e. The number of fused-ring (bicyclic) bond motifs is 2. The van der Waals surface area contributed by atoms with Gasteiger partial charge in [-0.25, -0.2) is 0 Å². The van der Waals surface area contributed by atoms with E-state index < -0.39 is 0 Å². The topological polar surface area (TPSA) is 68.3 Å². The van der Waals surface area contributed by atoms with Crippen LogP contribution in [0.15, 0.2) is 42.5 Å². The number of benzene rings is 2. The number of carbonyl (C=O) groups excluding carboxylic acids is 2. The highest BCUT2D eigenvalue weighted by Gasteiger charge is 2.27. The number of amides is 2. The van der Waals surface area contributed by atoms with Crippen LogP contribution >= 0.6 is 0 Å². The van der Waals surface area contributed by atoms with Gasteiger partial charge >= 0.3 is 0 Å². The molecule has 4 rings (SSSR count). The average molecular weight is 467 g/mol. The zero-order valence-electron chi connectivity index (χ0n) is 20.3. The Morgan fingerprint density at radius 2 is 1.76 bits per heavy atom. The highest BCUT2D eigenvalue weighted by molar-refractivity contribution is 5.96. The van der Waals surface area contributed by atoms with Gasteiger partial charge in [-0.05, 0) is 55.0 Å². The maximum absolute atomic E-state index is 13.6. The fourth-order valence-electron chi connectivity index (χ4n) is 4.56. The van der Waals surface area contributed by atoms with Gasteiger partial charge in [0.1, 0.15) is 12.4 Å². The molecule has 1 atom stereocenters. The van der Waals surface area contributed by atoms with Gasteiger partial charge in [-0.3, -0.25) is 9.59 Å². The quantitative estimate of drug-likeness (QED) is 0.677. The third kappa shape index (κ3) is 5.64. The predicted molar refractivity (Wildman–Crippen MR) is 129 cm³/mol. The molecule has 7 heteroatoms. The smallest absolute Gasteiger partial charge is 0.257 e. The van der Waals surface area contributed by atoms with Gasteiger partial charge < -0.3 is 24.0 Å². The second-order valence-corrected chi connectivity index (χ2v) is 9.48. The van der Waals surface area contributed by atoms with Crippen molar-refractivity contribution in [3.05, 3.63) is 53.6 Å². The molecular formula is C27H34N2O5. The number of ether oxygens (including phenoxy) is 3. The summed E-state index contributed by atoms with van der Waals surface area (Å²) in [5.74, 6) is 2.40. The van der Waals surface area contributed by atoms with Crippen molar-refractivity contribution >= 4 is 11.8 Å². The first-order valence-electron chi connectivity index (χ1n) is 12.1. The summed E-state index contributed by atoms with van der Waals surface area (Å²) >= 11 is 0. The van der Waals surface area contributed by atoms with Gasteiger partial charge in [0, 0.05) is 20.1 Å². The number of nitrogens with zero attached hydrogens (tertiary/aromatic N) is 2. The van der Waals surface area contributed by atoms with Gasteiger partial charge in [0.15, 0.2) is 11.5 Å². The highest BCUT2D eigenvalue weighted by Crippen LogP contribution is 2.33. The Bertz CT molecular complexity index is 1020. The molecule has 182 valence electrons. The van der Waals surface area contributed by atoms with Gasteiger partial charge in [0.05, 0.1) is 18.0 Å². The zero-order valence-corrected chi connectivity index (χ0v) is 20.3. The molecule has 0 spiro atoms. The third-order valence-corrected chi connectivity index (χ3v) is 6.33. The summed E-state index contributed by atoms with van der Waals surface area (Å²) in [6.07, 6.45) is 2.76.